The average Bonchev–Trinajstić information content (AvgIpc) is 3.76. The number of allylic oxidation sites excluding steroid dienone is 2. The van der Waals surface area contributed by atoms with Crippen LogP contribution in [0.2, 0.25) is 10.8 Å². The second-order valence-electron chi connectivity index (χ2n) is 23.3. The van der Waals surface area contributed by atoms with E-state index < -0.39 is 0 Å². The van der Waals surface area contributed by atoms with Gasteiger partial charge in [-0.1, -0.05) is 194 Å². The van der Waals surface area contributed by atoms with Gasteiger partial charge < -0.3 is 5.53 Å². The summed E-state index contributed by atoms with van der Waals surface area (Å²) in [5.41, 5.74) is 19.6. The van der Waals surface area contributed by atoms with Crippen LogP contribution < -0.4 is 0 Å². The molecule has 0 aliphatic carbocycles. The van der Waals surface area contributed by atoms with Crippen LogP contribution in [0.5, 0.6) is 0 Å². The average molecular weight is 1080 g/mol. The minimum Gasteiger partial charge on any atom is -0.493 e. The molecule has 2 aromatic rings. The molecule has 0 unspecified atom stereocenters. The van der Waals surface area contributed by atoms with Crippen LogP contribution in [0.4, 0.5) is 0 Å². The first-order valence-corrected chi connectivity index (χ1v) is 35.1. The molecule has 0 fully saturated rings. The molecule has 0 bridgehead atoms. The van der Waals surface area contributed by atoms with Crippen LogP contribution in [0.25, 0.3) is 16.9 Å². The first kappa shape index (κ1) is 69.1. The fourth-order valence-corrected chi connectivity index (χ4v) is 12.3. The zero-order valence-electron chi connectivity index (χ0n) is 51.0. The second kappa shape index (κ2) is 52.7. The van der Waals surface area contributed by atoms with Crippen molar-refractivity contribution in [3.63, 3.8) is 0 Å². The van der Waals surface area contributed by atoms with Crippen molar-refractivity contribution < 1.29 is 19.1 Å². The number of hydrogen-bond acceptors (Lipinski definition) is 0. The van der Waals surface area contributed by atoms with Crippen molar-refractivity contribution in [1.29, 1.82) is 0 Å². The molecule has 3 heteroatoms. The zero-order valence-corrected chi connectivity index (χ0v) is 52.0. The molecule has 0 amide bonds. The van der Waals surface area contributed by atoms with Crippen molar-refractivity contribution in [3.05, 3.63) is 88.0 Å². The molecule has 0 spiro atoms. The predicted octanol–water partition coefficient (Wildman–Crippen LogP) is 25.9. The first-order valence-electron chi connectivity index (χ1n) is 33.7. The predicted molar refractivity (Wildman–Crippen MR) is 334 cm³/mol. The van der Waals surface area contributed by atoms with Gasteiger partial charge in [-0.25, -0.2) is 4.70 Å². The van der Waals surface area contributed by atoms with E-state index in [4.69, 9.17) is 0 Å². The SMILES string of the molecule is CCCCCCCCCCCCCCCC[CH2][Ni][CH2]CCCCCCCCCCCCCCCC.CCCCCCCCc1ccc(C2=CC(CCCCCC)=C(c3ccc(CCCCCCCC)cc3)[N+]2=[N-])cc1. The molecule has 0 N–H and O–H groups in total. The Balaban J connectivity index is 0.000000519. The number of rotatable bonds is 53. The van der Waals surface area contributed by atoms with Gasteiger partial charge in [-0.2, -0.15) is 0 Å². The summed E-state index contributed by atoms with van der Waals surface area (Å²) in [6, 6.07) is 17.9. The molecule has 0 radical (unpaired) electrons. The van der Waals surface area contributed by atoms with Crippen LogP contribution in [-0.4, -0.2) is 4.70 Å². The monoisotopic (exact) mass is 1080 g/mol. The molecule has 0 aromatic heterocycles. The molecular formula is C72H126N2Ni. The van der Waals surface area contributed by atoms with Crippen LogP contribution in [0.3, 0.4) is 0 Å². The van der Waals surface area contributed by atoms with E-state index in [0.717, 1.165) is 48.2 Å². The second-order valence-corrected chi connectivity index (χ2v) is 24.8. The maximum absolute atomic E-state index is 11.5. The van der Waals surface area contributed by atoms with Crippen LogP contribution in [0, 0.1) is 0 Å². The molecule has 2 nitrogen and oxygen atoms in total. The Morgan fingerprint density at radius 2 is 0.547 bits per heavy atom. The van der Waals surface area contributed by atoms with E-state index in [9.17, 15) is 5.53 Å². The Kier molecular flexibility index (Phi) is 48.6. The number of unbranched alkanes of at least 4 members (excludes halogenated alkanes) is 41. The van der Waals surface area contributed by atoms with E-state index in [1.165, 1.54) is 321 Å². The summed E-state index contributed by atoms with van der Waals surface area (Å²) < 4.78 is 1.46. The van der Waals surface area contributed by atoms with E-state index in [1.54, 1.807) is 0 Å². The Hall–Kier alpha value is -1.99. The van der Waals surface area contributed by atoms with Gasteiger partial charge >= 0.3 is 166 Å². The van der Waals surface area contributed by atoms with E-state index in [1.807, 2.05) is 14.4 Å². The van der Waals surface area contributed by atoms with Gasteiger partial charge in [0.2, 0.25) is 11.4 Å². The third-order valence-electron chi connectivity index (χ3n) is 16.1. The molecule has 434 valence electrons. The van der Waals surface area contributed by atoms with Crippen LogP contribution in [0.15, 0.2) is 60.2 Å². The number of hydrogen-bond donors (Lipinski definition) is 0. The molecule has 3 rings (SSSR count). The minimum absolute atomic E-state index is 0.905. The normalized spacial score (nSPS) is 12.5. The topological polar surface area (TPSA) is 25.3 Å². The van der Waals surface area contributed by atoms with Crippen LogP contribution >= 0.6 is 0 Å². The van der Waals surface area contributed by atoms with Gasteiger partial charge in [-0.05, 0) is 73.9 Å². The quantitative estimate of drug-likeness (QED) is 0.0358. The molecule has 75 heavy (non-hydrogen) atoms. The summed E-state index contributed by atoms with van der Waals surface area (Å²) in [6.45, 7) is 11.4. The standard InChI is InChI=1S/C38H56N2.2C17H35.Ni/c1-4-7-10-13-15-17-20-32-23-27-34(28-24-32)37-31-36(22-19-12-9-6-3)38(40(37)39)35-29-25-33(26-30-35)21-18-16-14-11-8-5-2;2*1-3-5-7-9-11-13-15-17-16-14-12-10-8-6-4-2;/h23-31H,4-22H2,1-3H3;2*1,3-17H2,2H3;. The van der Waals surface area contributed by atoms with Crippen LogP contribution in [0.1, 0.15) is 359 Å². The van der Waals surface area contributed by atoms with Crippen molar-refractivity contribution in [3.8, 4) is 0 Å². The van der Waals surface area contributed by atoms with Gasteiger partial charge in [0.1, 0.15) is 0 Å². The van der Waals surface area contributed by atoms with E-state index in [2.05, 4.69) is 89.2 Å². The molecule has 1 aliphatic heterocycles. The summed E-state index contributed by atoms with van der Waals surface area (Å²) in [5.74, 6) is 0. The summed E-state index contributed by atoms with van der Waals surface area (Å²) in [6.07, 6.45) is 70.6. The van der Waals surface area contributed by atoms with Crippen molar-refractivity contribution in [1.82, 2.24) is 0 Å². The van der Waals surface area contributed by atoms with Crippen molar-refractivity contribution in [2.75, 3.05) is 0 Å². The Bertz CT molecular complexity index is 1570. The Morgan fingerprint density at radius 3 is 0.867 bits per heavy atom. The summed E-state index contributed by atoms with van der Waals surface area (Å²) in [5, 5.41) is 2.87. The van der Waals surface area contributed by atoms with Gasteiger partial charge in [0.25, 0.3) is 0 Å². The van der Waals surface area contributed by atoms with Gasteiger partial charge in [0.15, 0.2) is 0 Å². The first-order chi connectivity index (χ1) is 37.1. The van der Waals surface area contributed by atoms with E-state index in [-0.39, 0.29) is 0 Å². The summed E-state index contributed by atoms with van der Waals surface area (Å²) in [4.78, 5) is 0. The summed E-state index contributed by atoms with van der Waals surface area (Å²) >= 11 is 2.04. The smallest absolute Gasteiger partial charge is 0.493 e. The Labute approximate surface area is 475 Å². The molecular weight excluding hydrogens is 951 g/mol. The molecule has 0 saturated carbocycles. The molecule has 2 aromatic carbocycles. The fourth-order valence-electron chi connectivity index (χ4n) is 11.0. The van der Waals surface area contributed by atoms with Gasteiger partial charge in [0.05, 0.1) is 0 Å². The fraction of sp³-hybridized carbons (Fsp3) is 0.778. The van der Waals surface area contributed by atoms with Crippen LogP contribution in [-0.2, 0) is 27.3 Å². The summed E-state index contributed by atoms with van der Waals surface area (Å²) in [7, 11) is 0. The van der Waals surface area contributed by atoms with Crippen molar-refractivity contribution in [2.24, 2.45) is 0 Å². The van der Waals surface area contributed by atoms with Crippen molar-refractivity contribution in [2.45, 2.75) is 360 Å². The molecule has 0 atom stereocenters. The minimum atomic E-state index is 0.905. The van der Waals surface area contributed by atoms with Gasteiger partial charge in [-0.3, -0.25) is 0 Å². The third-order valence-corrected chi connectivity index (χ3v) is 17.5. The van der Waals surface area contributed by atoms with Crippen molar-refractivity contribution >= 4 is 11.4 Å². The van der Waals surface area contributed by atoms with E-state index in [0.29, 0.717) is 0 Å². The van der Waals surface area contributed by atoms with Gasteiger partial charge in [0, 0.05) is 22.8 Å². The third kappa shape index (κ3) is 38.3. The number of aryl methyl sites for hydroxylation is 2. The van der Waals surface area contributed by atoms with Gasteiger partial charge in [-0.15, -0.1) is 0 Å². The molecule has 0 saturated heterocycles. The zero-order chi connectivity index (χ0) is 53.8. The number of nitrogens with zero attached hydrogens (tertiary/aromatic N) is 2. The maximum atomic E-state index is 11.5. The molecule has 1 aliphatic rings. The number of benzene rings is 2. The Morgan fingerprint density at radius 1 is 0.293 bits per heavy atom. The van der Waals surface area contributed by atoms with E-state index >= 15 is 0 Å². The molecule has 1 heterocycles.